The van der Waals surface area contributed by atoms with Crippen LogP contribution in [0.2, 0.25) is 0 Å². The smallest absolute Gasteiger partial charge is 0.159 e. The van der Waals surface area contributed by atoms with Crippen molar-refractivity contribution < 1.29 is 0 Å². The molecule has 5 heteroatoms. The molecule has 0 aliphatic carbocycles. The molecule has 2 aromatic heterocycles. The van der Waals surface area contributed by atoms with Gasteiger partial charge in [0.25, 0.3) is 0 Å². The molecule has 5 nitrogen and oxygen atoms in total. The number of nitrogens with zero attached hydrogens (tertiary/aromatic N) is 4. The summed E-state index contributed by atoms with van der Waals surface area (Å²) in [6.45, 7) is 3.80. The van der Waals surface area contributed by atoms with E-state index >= 15 is 0 Å². The van der Waals surface area contributed by atoms with Crippen LogP contribution in [0, 0.1) is 0 Å². The van der Waals surface area contributed by atoms with E-state index in [9.17, 15) is 0 Å². The topological polar surface area (TPSA) is 63.6 Å². The Morgan fingerprint density at radius 1 is 0.950 bits per heavy atom. The molecule has 0 fully saturated rings. The summed E-state index contributed by atoms with van der Waals surface area (Å²) in [4.78, 5) is 17.4. The summed E-state index contributed by atoms with van der Waals surface area (Å²) >= 11 is 0. The normalized spacial score (nSPS) is 10.8. The molecule has 0 saturated carbocycles. The summed E-state index contributed by atoms with van der Waals surface area (Å²) < 4.78 is 0. The average molecular weight is 265 g/mol. The van der Waals surface area contributed by atoms with Crippen LogP contribution in [-0.4, -0.2) is 26.5 Å². The van der Waals surface area contributed by atoms with Crippen LogP contribution >= 0.6 is 0 Å². The van der Waals surface area contributed by atoms with Crippen LogP contribution < -0.4 is 5.32 Å². The fourth-order valence-corrected chi connectivity index (χ4v) is 1.97. The van der Waals surface area contributed by atoms with Gasteiger partial charge in [0.2, 0.25) is 0 Å². The number of fused-ring (bicyclic) bond motifs is 1. The maximum atomic E-state index is 4.41. The molecule has 0 amide bonds. The van der Waals surface area contributed by atoms with E-state index < -0.39 is 0 Å². The molecule has 2 heterocycles. The Morgan fingerprint density at radius 3 is 2.45 bits per heavy atom. The molecule has 3 rings (SSSR count). The molecule has 100 valence electrons. The highest BCUT2D eigenvalue weighted by Crippen LogP contribution is 2.18. The fraction of sp³-hybridized carbons (Fsp3) is 0.200. The van der Waals surface area contributed by atoms with Crippen molar-refractivity contribution in [1.82, 2.24) is 25.3 Å². The first-order valence-corrected chi connectivity index (χ1v) is 6.59. The Morgan fingerprint density at radius 2 is 1.70 bits per heavy atom. The third-order valence-corrected chi connectivity index (χ3v) is 3.01. The molecule has 0 atom stereocenters. The highest BCUT2D eigenvalue weighted by Gasteiger charge is 2.04. The lowest BCUT2D eigenvalue weighted by Gasteiger charge is -2.04. The van der Waals surface area contributed by atoms with Crippen molar-refractivity contribution in [3.05, 3.63) is 48.5 Å². The molecule has 1 N–H and O–H groups in total. The van der Waals surface area contributed by atoms with Crippen molar-refractivity contribution in [2.45, 2.75) is 13.5 Å². The van der Waals surface area contributed by atoms with Gasteiger partial charge in [-0.25, -0.2) is 9.97 Å². The summed E-state index contributed by atoms with van der Waals surface area (Å²) in [6, 6.07) is 5.87. The molecular weight excluding hydrogens is 250 g/mol. The van der Waals surface area contributed by atoms with Gasteiger partial charge < -0.3 is 5.32 Å². The first kappa shape index (κ1) is 12.6. The Kier molecular flexibility index (Phi) is 3.60. The number of hydrogen-bond acceptors (Lipinski definition) is 5. The molecule has 0 aliphatic rings. The van der Waals surface area contributed by atoms with Gasteiger partial charge in [-0.1, -0.05) is 6.92 Å². The summed E-state index contributed by atoms with van der Waals surface area (Å²) in [6.07, 6.45) is 7.08. The second-order valence-electron chi connectivity index (χ2n) is 4.46. The van der Waals surface area contributed by atoms with E-state index in [1.807, 2.05) is 30.6 Å². The fourth-order valence-electron chi connectivity index (χ4n) is 1.97. The predicted octanol–water partition coefficient (Wildman–Crippen LogP) is 2.20. The van der Waals surface area contributed by atoms with Gasteiger partial charge >= 0.3 is 0 Å². The predicted molar refractivity (Wildman–Crippen MR) is 77.9 cm³/mol. The lowest BCUT2D eigenvalue weighted by Crippen LogP contribution is -2.12. The minimum Gasteiger partial charge on any atom is -0.313 e. The quantitative estimate of drug-likeness (QED) is 0.783. The van der Waals surface area contributed by atoms with Gasteiger partial charge in [-0.2, -0.15) is 0 Å². The monoisotopic (exact) mass is 265 g/mol. The Bertz CT molecular complexity index is 709. The number of nitrogens with one attached hydrogen (secondary N) is 1. The Hall–Kier alpha value is -2.40. The number of rotatable bonds is 4. The summed E-state index contributed by atoms with van der Waals surface area (Å²) in [7, 11) is 0. The second kappa shape index (κ2) is 5.71. The molecule has 1 aromatic carbocycles. The van der Waals surface area contributed by atoms with Crippen LogP contribution in [0.3, 0.4) is 0 Å². The number of aromatic nitrogens is 4. The van der Waals surface area contributed by atoms with E-state index in [1.54, 1.807) is 12.4 Å². The van der Waals surface area contributed by atoms with E-state index in [1.165, 1.54) is 0 Å². The van der Waals surface area contributed by atoms with Crippen molar-refractivity contribution >= 4 is 11.0 Å². The van der Waals surface area contributed by atoms with Crippen LogP contribution in [0.4, 0.5) is 0 Å². The van der Waals surface area contributed by atoms with Crippen LogP contribution in [-0.2, 0) is 6.54 Å². The third kappa shape index (κ3) is 2.62. The van der Waals surface area contributed by atoms with E-state index in [0.29, 0.717) is 5.82 Å². The first-order chi connectivity index (χ1) is 9.86. The second-order valence-corrected chi connectivity index (χ2v) is 4.46. The van der Waals surface area contributed by atoms with Crippen molar-refractivity contribution in [2.75, 3.05) is 6.54 Å². The molecule has 20 heavy (non-hydrogen) atoms. The Labute approximate surface area is 117 Å². The maximum absolute atomic E-state index is 4.41. The van der Waals surface area contributed by atoms with Gasteiger partial charge in [0.05, 0.1) is 11.0 Å². The molecule has 0 spiro atoms. The van der Waals surface area contributed by atoms with E-state index in [2.05, 4.69) is 32.2 Å². The van der Waals surface area contributed by atoms with E-state index in [-0.39, 0.29) is 0 Å². The zero-order valence-corrected chi connectivity index (χ0v) is 11.2. The van der Waals surface area contributed by atoms with Crippen molar-refractivity contribution in [1.29, 1.82) is 0 Å². The Balaban J connectivity index is 1.90. The molecular formula is C15H15N5. The third-order valence-electron chi connectivity index (χ3n) is 3.01. The van der Waals surface area contributed by atoms with Crippen molar-refractivity contribution in [3.8, 4) is 11.4 Å². The minimum absolute atomic E-state index is 0.706. The SMILES string of the molecule is CCNCc1cnc(-c2ccc3nccnc3c2)nc1. The lowest BCUT2D eigenvalue weighted by molar-refractivity contribution is 0.721. The van der Waals surface area contributed by atoms with Gasteiger partial charge in [-0.3, -0.25) is 9.97 Å². The molecule has 0 bridgehead atoms. The minimum atomic E-state index is 0.706. The highest BCUT2D eigenvalue weighted by molar-refractivity contribution is 5.79. The van der Waals surface area contributed by atoms with Gasteiger partial charge in [0.15, 0.2) is 5.82 Å². The van der Waals surface area contributed by atoms with Crippen molar-refractivity contribution in [2.24, 2.45) is 0 Å². The summed E-state index contributed by atoms with van der Waals surface area (Å²) in [5.41, 5.74) is 3.76. The zero-order chi connectivity index (χ0) is 13.8. The van der Waals surface area contributed by atoms with Gasteiger partial charge in [-0.05, 0) is 24.7 Å². The first-order valence-electron chi connectivity index (χ1n) is 6.59. The molecule has 0 radical (unpaired) electrons. The number of benzene rings is 1. The van der Waals surface area contributed by atoms with Gasteiger partial charge in [0.1, 0.15) is 0 Å². The highest BCUT2D eigenvalue weighted by atomic mass is 14.9. The van der Waals surface area contributed by atoms with E-state index in [4.69, 9.17) is 0 Å². The van der Waals surface area contributed by atoms with Crippen LogP contribution in [0.15, 0.2) is 43.0 Å². The summed E-state index contributed by atoms with van der Waals surface area (Å²) in [5.74, 6) is 0.706. The average Bonchev–Trinajstić information content (AvgIpc) is 2.53. The standard InChI is InChI=1S/C15H15N5/c1-2-16-8-11-9-19-15(20-10-11)12-3-4-13-14(7-12)18-6-5-17-13/h3-7,9-10,16H,2,8H2,1H3. The zero-order valence-electron chi connectivity index (χ0n) is 11.2. The molecule has 0 unspecified atom stereocenters. The van der Waals surface area contributed by atoms with Crippen LogP contribution in [0.25, 0.3) is 22.4 Å². The number of hydrogen-bond donors (Lipinski definition) is 1. The summed E-state index contributed by atoms with van der Waals surface area (Å²) in [5, 5.41) is 3.25. The van der Waals surface area contributed by atoms with Crippen molar-refractivity contribution in [3.63, 3.8) is 0 Å². The lowest BCUT2D eigenvalue weighted by atomic mass is 10.2. The van der Waals surface area contributed by atoms with Crippen LogP contribution in [0.1, 0.15) is 12.5 Å². The molecule has 0 aliphatic heterocycles. The van der Waals surface area contributed by atoms with E-state index in [0.717, 1.165) is 35.2 Å². The van der Waals surface area contributed by atoms with Gasteiger partial charge in [0, 0.05) is 42.5 Å². The molecule has 3 aromatic rings. The van der Waals surface area contributed by atoms with Gasteiger partial charge in [-0.15, -0.1) is 0 Å². The molecule has 0 saturated heterocycles. The van der Waals surface area contributed by atoms with Crippen LogP contribution in [0.5, 0.6) is 0 Å². The maximum Gasteiger partial charge on any atom is 0.159 e. The largest absolute Gasteiger partial charge is 0.313 e.